The molecule has 2 nitrogen and oxygen atoms in total. The molecule has 6 rings (SSSR count). The summed E-state index contributed by atoms with van der Waals surface area (Å²) in [6, 6.07) is 34.9. The minimum Gasteiger partial charge on any atom is -0.355 e. The summed E-state index contributed by atoms with van der Waals surface area (Å²) >= 11 is 0. The lowest BCUT2D eigenvalue weighted by Crippen LogP contribution is -1.92. The summed E-state index contributed by atoms with van der Waals surface area (Å²) in [7, 11) is 0. The Kier molecular flexibility index (Phi) is 4.70. The molecule has 2 heteroatoms. The lowest BCUT2D eigenvalue weighted by atomic mass is 10.0. The molecule has 6 aromatic rings. The molecule has 0 aliphatic carbocycles. The van der Waals surface area contributed by atoms with Crippen LogP contribution in [0.15, 0.2) is 115 Å². The van der Waals surface area contributed by atoms with Crippen LogP contribution in [-0.2, 0) is 0 Å². The van der Waals surface area contributed by atoms with Crippen LogP contribution >= 0.6 is 0 Å². The van der Waals surface area contributed by atoms with Gasteiger partial charge in [-0.1, -0.05) is 66.8 Å². The maximum atomic E-state index is 3.48. The molecule has 0 radical (unpaired) electrons. The summed E-state index contributed by atoms with van der Waals surface area (Å²) in [6.45, 7) is 2.02. The first-order chi connectivity index (χ1) is 16.3. The lowest BCUT2D eigenvalue weighted by Gasteiger charge is -2.08. The fourth-order valence-corrected chi connectivity index (χ4v) is 4.70. The van der Waals surface area contributed by atoms with E-state index in [1.165, 1.54) is 44.0 Å². The number of allylic oxidation sites excluding steroid dienone is 3. The maximum Gasteiger partial charge on any atom is 0.0541 e. The highest BCUT2D eigenvalue weighted by molar-refractivity contribution is 6.10. The Morgan fingerprint density at radius 2 is 1.42 bits per heavy atom. The van der Waals surface area contributed by atoms with Crippen LogP contribution in [0.5, 0.6) is 0 Å². The molecule has 0 atom stereocenters. The summed E-state index contributed by atoms with van der Waals surface area (Å²) < 4.78 is 2.35. The first-order valence-corrected chi connectivity index (χ1v) is 11.3. The molecule has 1 N–H and O–H groups in total. The SMILES string of the molecule is C/C=C\C=C/c1cc2cc(-c3ccc4c(c3)c3ccccc3n4-c3ccccc3)ccc2[nH]1. The number of aromatic amines is 1. The minimum atomic E-state index is 1.11. The number of hydrogen-bond acceptors (Lipinski definition) is 0. The van der Waals surface area contributed by atoms with Crippen LogP contribution < -0.4 is 0 Å². The summed E-state index contributed by atoms with van der Waals surface area (Å²) in [4.78, 5) is 3.48. The molecule has 0 amide bonds. The zero-order valence-corrected chi connectivity index (χ0v) is 18.5. The average molecular weight is 425 g/mol. The fourth-order valence-electron chi connectivity index (χ4n) is 4.70. The second kappa shape index (κ2) is 7.99. The van der Waals surface area contributed by atoms with Crippen molar-refractivity contribution in [3.8, 4) is 16.8 Å². The van der Waals surface area contributed by atoms with Crippen LogP contribution in [0.3, 0.4) is 0 Å². The Labute approximate surface area is 193 Å². The van der Waals surface area contributed by atoms with Gasteiger partial charge >= 0.3 is 0 Å². The van der Waals surface area contributed by atoms with E-state index in [9.17, 15) is 0 Å². The van der Waals surface area contributed by atoms with Gasteiger partial charge in [0.25, 0.3) is 0 Å². The lowest BCUT2D eigenvalue weighted by molar-refractivity contribution is 1.18. The highest BCUT2D eigenvalue weighted by atomic mass is 15.0. The molecule has 2 aromatic heterocycles. The van der Waals surface area contributed by atoms with Crippen LogP contribution in [0, 0.1) is 0 Å². The summed E-state index contributed by atoms with van der Waals surface area (Å²) in [5.41, 5.74) is 8.36. The quantitative estimate of drug-likeness (QED) is 0.274. The average Bonchev–Trinajstić information content (AvgIpc) is 3.42. The zero-order chi connectivity index (χ0) is 22.2. The van der Waals surface area contributed by atoms with E-state index in [2.05, 4.69) is 119 Å². The molecule has 0 aliphatic heterocycles. The van der Waals surface area contributed by atoms with E-state index in [0.717, 1.165) is 11.2 Å². The van der Waals surface area contributed by atoms with Crippen molar-refractivity contribution < 1.29 is 0 Å². The second-order valence-electron chi connectivity index (χ2n) is 8.33. The Hall–Kier alpha value is -4.30. The van der Waals surface area contributed by atoms with Crippen molar-refractivity contribution in [1.29, 1.82) is 0 Å². The number of hydrogen-bond donors (Lipinski definition) is 1. The van der Waals surface area contributed by atoms with Gasteiger partial charge in [0.05, 0.1) is 11.0 Å². The number of fused-ring (bicyclic) bond motifs is 4. The van der Waals surface area contributed by atoms with Crippen LogP contribution in [0.25, 0.3) is 55.6 Å². The Bertz CT molecular complexity index is 1660. The third-order valence-electron chi connectivity index (χ3n) is 6.24. The number of H-pyrrole nitrogens is 1. The van der Waals surface area contributed by atoms with Crippen molar-refractivity contribution in [3.63, 3.8) is 0 Å². The van der Waals surface area contributed by atoms with E-state index in [1.54, 1.807) is 0 Å². The van der Waals surface area contributed by atoms with E-state index < -0.39 is 0 Å². The van der Waals surface area contributed by atoms with Gasteiger partial charge in [0, 0.05) is 33.1 Å². The van der Waals surface area contributed by atoms with E-state index in [0.29, 0.717) is 0 Å². The molecular weight excluding hydrogens is 400 g/mol. The standard InChI is InChI=1S/C31H24N2/c1-2-3-5-10-25-20-24-19-22(15-17-29(24)32-25)23-16-18-31-28(21-23)27-13-8-9-14-30(27)33(31)26-11-6-4-7-12-26/h2-21,32H,1H3/b3-2-,10-5-. The third-order valence-corrected chi connectivity index (χ3v) is 6.24. The molecule has 0 spiro atoms. The van der Waals surface area contributed by atoms with Crippen molar-refractivity contribution in [2.24, 2.45) is 0 Å². The van der Waals surface area contributed by atoms with Crippen LogP contribution in [0.4, 0.5) is 0 Å². The van der Waals surface area contributed by atoms with Gasteiger partial charge in [0.2, 0.25) is 0 Å². The molecule has 0 fully saturated rings. The normalized spacial score (nSPS) is 12.2. The Balaban J connectivity index is 1.50. The summed E-state index contributed by atoms with van der Waals surface area (Å²) in [6.07, 6.45) is 8.23. The van der Waals surface area contributed by atoms with Crippen LogP contribution in [0.2, 0.25) is 0 Å². The van der Waals surface area contributed by atoms with Crippen LogP contribution in [0.1, 0.15) is 12.6 Å². The van der Waals surface area contributed by atoms with Gasteiger partial charge in [-0.05, 0) is 72.7 Å². The highest BCUT2D eigenvalue weighted by Gasteiger charge is 2.13. The van der Waals surface area contributed by atoms with E-state index in [-0.39, 0.29) is 0 Å². The Morgan fingerprint density at radius 1 is 0.667 bits per heavy atom. The zero-order valence-electron chi connectivity index (χ0n) is 18.5. The van der Waals surface area contributed by atoms with Crippen molar-refractivity contribution in [1.82, 2.24) is 9.55 Å². The number of nitrogens with zero attached hydrogens (tertiary/aromatic N) is 1. The summed E-state index contributed by atoms with van der Waals surface area (Å²) in [5.74, 6) is 0. The first-order valence-electron chi connectivity index (χ1n) is 11.3. The molecule has 0 bridgehead atoms. The molecular formula is C31H24N2. The van der Waals surface area contributed by atoms with Gasteiger partial charge in [0.15, 0.2) is 0 Å². The largest absolute Gasteiger partial charge is 0.355 e. The van der Waals surface area contributed by atoms with Crippen LogP contribution in [-0.4, -0.2) is 9.55 Å². The van der Waals surface area contributed by atoms with Gasteiger partial charge < -0.3 is 9.55 Å². The van der Waals surface area contributed by atoms with E-state index in [1.807, 2.05) is 19.1 Å². The first kappa shape index (κ1) is 19.4. The molecule has 158 valence electrons. The smallest absolute Gasteiger partial charge is 0.0541 e. The Morgan fingerprint density at radius 3 is 2.30 bits per heavy atom. The van der Waals surface area contributed by atoms with Crippen molar-refractivity contribution in [3.05, 3.63) is 121 Å². The molecule has 33 heavy (non-hydrogen) atoms. The van der Waals surface area contributed by atoms with E-state index >= 15 is 0 Å². The number of nitrogens with one attached hydrogen (secondary N) is 1. The number of para-hydroxylation sites is 2. The predicted molar refractivity (Wildman–Crippen MR) is 142 cm³/mol. The third kappa shape index (κ3) is 3.37. The van der Waals surface area contributed by atoms with Gasteiger partial charge in [-0.15, -0.1) is 0 Å². The molecule has 0 saturated heterocycles. The fraction of sp³-hybridized carbons (Fsp3) is 0.0323. The monoisotopic (exact) mass is 424 g/mol. The molecule has 0 unspecified atom stereocenters. The minimum absolute atomic E-state index is 1.11. The van der Waals surface area contributed by atoms with Crippen molar-refractivity contribution in [2.75, 3.05) is 0 Å². The highest BCUT2D eigenvalue weighted by Crippen LogP contribution is 2.35. The maximum absolute atomic E-state index is 3.48. The number of benzene rings is 4. The van der Waals surface area contributed by atoms with Gasteiger partial charge in [-0.25, -0.2) is 0 Å². The molecule has 0 saturated carbocycles. The van der Waals surface area contributed by atoms with Crippen molar-refractivity contribution in [2.45, 2.75) is 6.92 Å². The predicted octanol–water partition coefficient (Wildman–Crippen LogP) is 8.52. The topological polar surface area (TPSA) is 20.7 Å². The number of rotatable bonds is 4. The molecule has 4 aromatic carbocycles. The molecule has 0 aliphatic rings. The van der Waals surface area contributed by atoms with Gasteiger partial charge in [-0.3, -0.25) is 0 Å². The van der Waals surface area contributed by atoms with E-state index in [4.69, 9.17) is 0 Å². The van der Waals surface area contributed by atoms with Crippen molar-refractivity contribution >= 4 is 38.8 Å². The van der Waals surface area contributed by atoms with Gasteiger partial charge in [0.1, 0.15) is 0 Å². The molecule has 2 heterocycles. The number of aromatic nitrogens is 2. The summed E-state index contributed by atoms with van der Waals surface area (Å²) in [5, 5.41) is 3.77. The second-order valence-corrected chi connectivity index (χ2v) is 8.33. The van der Waals surface area contributed by atoms with Gasteiger partial charge in [-0.2, -0.15) is 0 Å².